The van der Waals surface area contributed by atoms with Gasteiger partial charge in [-0.25, -0.2) is 4.98 Å². The van der Waals surface area contributed by atoms with Crippen LogP contribution >= 0.6 is 11.3 Å². The van der Waals surface area contributed by atoms with Gasteiger partial charge in [0.15, 0.2) is 0 Å². The van der Waals surface area contributed by atoms with Gasteiger partial charge in [0.05, 0.1) is 5.01 Å². The number of thiazole rings is 1. The Bertz CT molecular complexity index is 525. The number of hydrogen-bond acceptors (Lipinski definition) is 3. The van der Waals surface area contributed by atoms with E-state index in [1.807, 2.05) is 17.5 Å². The topological polar surface area (TPSA) is 24.9 Å². The maximum atomic E-state index is 4.43. The number of aryl methyl sites for hydroxylation is 1. The summed E-state index contributed by atoms with van der Waals surface area (Å²) in [5.41, 5.74) is 1.53. The Balaban J connectivity index is 2.09. The average Bonchev–Trinajstić information content (AvgIpc) is 2.87. The number of hydrogen-bond donors (Lipinski definition) is 1. The highest BCUT2D eigenvalue weighted by Gasteiger charge is 2.25. The van der Waals surface area contributed by atoms with Crippen molar-refractivity contribution in [3.8, 4) is 0 Å². The van der Waals surface area contributed by atoms with Crippen molar-refractivity contribution in [3.63, 3.8) is 0 Å². The van der Waals surface area contributed by atoms with Crippen LogP contribution in [-0.4, -0.2) is 4.98 Å². The highest BCUT2D eigenvalue weighted by atomic mass is 32.1. The average molecular weight is 288 g/mol. The fourth-order valence-corrected chi connectivity index (χ4v) is 3.18. The number of rotatable bonds is 5. The first-order valence-corrected chi connectivity index (χ1v) is 8.04. The van der Waals surface area contributed by atoms with Crippen LogP contribution in [0.25, 0.3) is 0 Å². The Kier molecular flexibility index (Phi) is 4.95. The van der Waals surface area contributed by atoms with E-state index in [9.17, 15) is 0 Å². The molecule has 0 bridgehead atoms. The van der Waals surface area contributed by atoms with Crippen LogP contribution in [0, 0.1) is 5.41 Å². The van der Waals surface area contributed by atoms with Gasteiger partial charge in [0.2, 0.25) is 0 Å². The summed E-state index contributed by atoms with van der Waals surface area (Å²) in [6, 6.07) is 11.0. The molecule has 1 aromatic heterocycles. The van der Waals surface area contributed by atoms with Crippen LogP contribution in [0.3, 0.4) is 0 Å². The van der Waals surface area contributed by atoms with Crippen molar-refractivity contribution in [2.24, 2.45) is 5.41 Å². The summed E-state index contributed by atoms with van der Waals surface area (Å²) in [7, 11) is 0. The van der Waals surface area contributed by atoms with Crippen LogP contribution < -0.4 is 5.32 Å². The number of nitrogens with zero attached hydrogens (tertiary/aromatic N) is 1. The van der Waals surface area contributed by atoms with Gasteiger partial charge < -0.3 is 5.32 Å². The third-order valence-corrected chi connectivity index (χ3v) is 4.52. The Morgan fingerprint density at radius 3 is 2.45 bits per heavy atom. The van der Waals surface area contributed by atoms with Gasteiger partial charge in [-0.3, -0.25) is 0 Å². The second-order valence-electron chi connectivity index (χ2n) is 6.16. The van der Waals surface area contributed by atoms with Gasteiger partial charge in [-0.05, 0) is 17.4 Å². The first-order valence-electron chi connectivity index (χ1n) is 7.22. The molecule has 0 aliphatic carbocycles. The molecule has 0 saturated heterocycles. The first-order chi connectivity index (χ1) is 9.50. The molecule has 108 valence electrons. The lowest BCUT2D eigenvalue weighted by Gasteiger charge is -2.32. The van der Waals surface area contributed by atoms with Crippen molar-refractivity contribution >= 4 is 11.3 Å². The van der Waals surface area contributed by atoms with E-state index in [4.69, 9.17) is 0 Å². The summed E-state index contributed by atoms with van der Waals surface area (Å²) >= 11 is 1.81. The summed E-state index contributed by atoms with van der Waals surface area (Å²) in [6.07, 6.45) is 3.02. The molecule has 0 radical (unpaired) electrons. The van der Waals surface area contributed by atoms with Crippen LogP contribution in [0.2, 0.25) is 0 Å². The fraction of sp³-hybridized carbons (Fsp3) is 0.471. The zero-order valence-electron chi connectivity index (χ0n) is 12.8. The molecule has 0 aliphatic rings. The lowest BCUT2D eigenvalue weighted by atomic mass is 9.82. The van der Waals surface area contributed by atoms with Crippen molar-refractivity contribution in [1.29, 1.82) is 0 Å². The molecule has 1 aromatic carbocycles. The lowest BCUT2D eigenvalue weighted by Crippen LogP contribution is -2.31. The normalized spacial score (nSPS) is 13.4. The highest BCUT2D eigenvalue weighted by molar-refractivity contribution is 7.11. The van der Waals surface area contributed by atoms with Crippen molar-refractivity contribution < 1.29 is 0 Å². The van der Waals surface area contributed by atoms with Crippen LogP contribution in [0.5, 0.6) is 0 Å². The van der Waals surface area contributed by atoms with Gasteiger partial charge in [0, 0.05) is 23.7 Å². The van der Waals surface area contributed by atoms with Crippen molar-refractivity contribution in [1.82, 2.24) is 10.3 Å². The van der Waals surface area contributed by atoms with E-state index in [-0.39, 0.29) is 5.41 Å². The molecule has 2 aromatic rings. The van der Waals surface area contributed by atoms with Crippen LogP contribution in [0.4, 0.5) is 0 Å². The second kappa shape index (κ2) is 6.51. The third kappa shape index (κ3) is 3.90. The van der Waals surface area contributed by atoms with Gasteiger partial charge in [0.1, 0.15) is 0 Å². The predicted octanol–water partition coefficient (Wildman–Crippen LogP) is 4.58. The van der Waals surface area contributed by atoms with Crippen molar-refractivity contribution in [3.05, 3.63) is 52.0 Å². The zero-order chi connectivity index (χ0) is 14.6. The minimum Gasteiger partial charge on any atom is -0.305 e. The standard InChI is InChI=1S/C17H24N2S/c1-5-15-18-11-14(20-15)12-19-16(17(2,3)4)13-9-7-6-8-10-13/h6-11,16,19H,5,12H2,1-4H3. The predicted molar refractivity (Wildman–Crippen MR) is 87.0 cm³/mol. The van der Waals surface area contributed by atoms with E-state index in [0.29, 0.717) is 6.04 Å². The molecule has 1 unspecified atom stereocenters. The van der Waals surface area contributed by atoms with E-state index in [1.54, 1.807) is 0 Å². The molecule has 2 nitrogen and oxygen atoms in total. The molecule has 0 spiro atoms. The smallest absolute Gasteiger partial charge is 0.0925 e. The van der Waals surface area contributed by atoms with Gasteiger partial charge in [0.25, 0.3) is 0 Å². The molecule has 2 rings (SSSR count). The quantitative estimate of drug-likeness (QED) is 0.871. The monoisotopic (exact) mass is 288 g/mol. The fourth-order valence-electron chi connectivity index (χ4n) is 2.37. The molecule has 1 N–H and O–H groups in total. The molecule has 0 saturated carbocycles. The number of nitrogens with one attached hydrogen (secondary N) is 1. The van der Waals surface area contributed by atoms with Crippen molar-refractivity contribution in [2.45, 2.75) is 46.7 Å². The minimum atomic E-state index is 0.180. The molecule has 1 atom stereocenters. The summed E-state index contributed by atoms with van der Waals surface area (Å²) in [4.78, 5) is 5.74. The number of benzene rings is 1. The SMILES string of the molecule is CCc1ncc(CNC(c2ccccc2)C(C)(C)C)s1. The van der Waals surface area contributed by atoms with Gasteiger partial charge in [-0.2, -0.15) is 0 Å². The highest BCUT2D eigenvalue weighted by Crippen LogP contribution is 2.33. The Labute approximate surface area is 126 Å². The molecule has 3 heteroatoms. The third-order valence-electron chi connectivity index (χ3n) is 3.38. The molecular formula is C17H24N2S. The summed E-state index contributed by atoms with van der Waals surface area (Å²) in [6.45, 7) is 9.87. The van der Waals surface area contributed by atoms with E-state index >= 15 is 0 Å². The van der Waals surface area contributed by atoms with Gasteiger partial charge in [-0.15, -0.1) is 11.3 Å². The first kappa shape index (κ1) is 15.2. The van der Waals surface area contributed by atoms with Gasteiger partial charge >= 0.3 is 0 Å². The molecule has 0 amide bonds. The minimum absolute atomic E-state index is 0.180. The van der Waals surface area contributed by atoms with E-state index in [0.717, 1.165) is 13.0 Å². The van der Waals surface area contributed by atoms with E-state index in [1.165, 1.54) is 15.4 Å². The van der Waals surface area contributed by atoms with Crippen molar-refractivity contribution in [2.75, 3.05) is 0 Å². The lowest BCUT2D eigenvalue weighted by molar-refractivity contribution is 0.271. The van der Waals surface area contributed by atoms with Crippen LogP contribution in [-0.2, 0) is 13.0 Å². The zero-order valence-corrected chi connectivity index (χ0v) is 13.6. The molecule has 0 fully saturated rings. The van der Waals surface area contributed by atoms with Crippen LogP contribution in [0.1, 0.15) is 49.2 Å². The summed E-state index contributed by atoms with van der Waals surface area (Å²) < 4.78 is 0. The molecule has 1 heterocycles. The molecule has 0 aliphatic heterocycles. The summed E-state index contributed by atoms with van der Waals surface area (Å²) in [5, 5.41) is 4.92. The number of aromatic nitrogens is 1. The Morgan fingerprint density at radius 2 is 1.90 bits per heavy atom. The Hall–Kier alpha value is -1.19. The maximum absolute atomic E-state index is 4.43. The van der Waals surface area contributed by atoms with E-state index in [2.05, 4.69) is 68.3 Å². The summed E-state index contributed by atoms with van der Waals surface area (Å²) in [5.74, 6) is 0. The van der Waals surface area contributed by atoms with Gasteiger partial charge in [-0.1, -0.05) is 58.0 Å². The maximum Gasteiger partial charge on any atom is 0.0925 e. The Morgan fingerprint density at radius 1 is 1.20 bits per heavy atom. The molecule has 20 heavy (non-hydrogen) atoms. The van der Waals surface area contributed by atoms with Crippen LogP contribution in [0.15, 0.2) is 36.5 Å². The molecular weight excluding hydrogens is 264 g/mol. The van der Waals surface area contributed by atoms with E-state index < -0.39 is 0 Å². The largest absolute Gasteiger partial charge is 0.305 e. The second-order valence-corrected chi connectivity index (χ2v) is 7.36.